The van der Waals surface area contributed by atoms with Crippen molar-refractivity contribution < 1.29 is 4.39 Å². The van der Waals surface area contributed by atoms with Gasteiger partial charge in [0.25, 0.3) is 0 Å². The second-order valence-electron chi connectivity index (χ2n) is 6.35. The number of halogens is 1. The van der Waals surface area contributed by atoms with Gasteiger partial charge in [0.15, 0.2) is 0 Å². The number of hydrogen-bond acceptors (Lipinski definition) is 2. The van der Waals surface area contributed by atoms with Crippen LogP contribution in [0.3, 0.4) is 0 Å². The van der Waals surface area contributed by atoms with Crippen molar-refractivity contribution in [3.8, 4) is 11.1 Å². The number of aryl methyl sites for hydroxylation is 1. The zero-order valence-corrected chi connectivity index (χ0v) is 15.2. The second kappa shape index (κ2) is 9.46. The Morgan fingerprint density at radius 2 is 1.79 bits per heavy atom. The zero-order valence-electron chi connectivity index (χ0n) is 14.4. The standard InChI is InChI=1S/C21H24FNS/c1-3-5-16(2)6-4-7-17-8-10-18(11-9-17)19-12-13-21(23-15-24)20(22)14-19/h8-14,16H,3-7H2,1-2H3. The Kier molecular flexibility index (Phi) is 7.30. The summed E-state index contributed by atoms with van der Waals surface area (Å²) in [4.78, 5) is 3.71. The summed E-state index contributed by atoms with van der Waals surface area (Å²) in [6.07, 6.45) is 6.18. The first kappa shape index (κ1) is 18.5. The van der Waals surface area contributed by atoms with Crippen molar-refractivity contribution in [1.82, 2.24) is 0 Å². The molecule has 0 aliphatic carbocycles. The van der Waals surface area contributed by atoms with Crippen molar-refractivity contribution in [2.24, 2.45) is 10.9 Å². The molecule has 0 bridgehead atoms. The Bertz CT molecular complexity index is 702. The first-order chi connectivity index (χ1) is 11.6. The summed E-state index contributed by atoms with van der Waals surface area (Å²) in [6.45, 7) is 4.57. The minimum Gasteiger partial charge on any atom is -0.205 e. The average Bonchev–Trinajstić information content (AvgIpc) is 2.58. The summed E-state index contributed by atoms with van der Waals surface area (Å²) < 4.78 is 13.9. The molecule has 0 saturated heterocycles. The maximum atomic E-state index is 13.9. The molecule has 0 amide bonds. The Hall–Kier alpha value is -1.83. The molecule has 3 heteroatoms. The van der Waals surface area contributed by atoms with Crippen molar-refractivity contribution in [3.05, 3.63) is 53.8 Å². The molecule has 126 valence electrons. The number of isothiocyanates is 1. The van der Waals surface area contributed by atoms with Gasteiger partial charge in [0.05, 0.1) is 5.16 Å². The number of benzene rings is 2. The van der Waals surface area contributed by atoms with Crippen molar-refractivity contribution in [2.45, 2.75) is 46.0 Å². The van der Waals surface area contributed by atoms with Gasteiger partial charge in [-0.2, -0.15) is 4.99 Å². The smallest absolute Gasteiger partial charge is 0.150 e. The third-order valence-corrected chi connectivity index (χ3v) is 4.44. The van der Waals surface area contributed by atoms with Gasteiger partial charge in [-0.3, -0.25) is 0 Å². The number of hydrogen-bond donors (Lipinski definition) is 0. The van der Waals surface area contributed by atoms with E-state index in [0.717, 1.165) is 23.5 Å². The van der Waals surface area contributed by atoms with Crippen LogP contribution in [-0.2, 0) is 6.42 Å². The molecule has 2 rings (SSSR count). The lowest BCUT2D eigenvalue weighted by Gasteiger charge is -2.10. The molecule has 2 aromatic rings. The first-order valence-corrected chi connectivity index (χ1v) is 9.01. The lowest BCUT2D eigenvalue weighted by Crippen LogP contribution is -1.95. The van der Waals surface area contributed by atoms with Crippen molar-refractivity contribution in [2.75, 3.05) is 0 Å². The van der Waals surface area contributed by atoms with E-state index in [2.05, 4.69) is 60.5 Å². The van der Waals surface area contributed by atoms with E-state index >= 15 is 0 Å². The SMILES string of the molecule is CCCC(C)CCCc1ccc(-c2ccc(N=C=S)c(F)c2)cc1. The maximum Gasteiger partial charge on any atom is 0.150 e. The van der Waals surface area contributed by atoms with Gasteiger partial charge in [0.2, 0.25) is 0 Å². The van der Waals surface area contributed by atoms with Gasteiger partial charge >= 0.3 is 0 Å². The van der Waals surface area contributed by atoms with Crippen molar-refractivity contribution >= 4 is 23.1 Å². The van der Waals surface area contributed by atoms with Crippen LogP contribution in [0.2, 0.25) is 0 Å². The molecule has 24 heavy (non-hydrogen) atoms. The van der Waals surface area contributed by atoms with E-state index in [-0.39, 0.29) is 11.5 Å². The molecule has 0 saturated carbocycles. The molecule has 0 fully saturated rings. The maximum absolute atomic E-state index is 13.9. The fourth-order valence-corrected chi connectivity index (χ4v) is 3.08. The lowest BCUT2D eigenvalue weighted by molar-refractivity contribution is 0.469. The molecular formula is C21H24FNS. The van der Waals surface area contributed by atoms with E-state index in [1.165, 1.54) is 37.3 Å². The van der Waals surface area contributed by atoms with Gasteiger partial charge in [-0.15, -0.1) is 0 Å². The highest BCUT2D eigenvalue weighted by Crippen LogP contribution is 2.26. The van der Waals surface area contributed by atoms with Gasteiger partial charge in [-0.05, 0) is 59.8 Å². The molecular weight excluding hydrogens is 317 g/mol. The quantitative estimate of drug-likeness (QED) is 0.372. The third-order valence-electron chi connectivity index (χ3n) is 4.34. The van der Waals surface area contributed by atoms with Crippen LogP contribution >= 0.6 is 12.2 Å². The highest BCUT2D eigenvalue weighted by Gasteiger charge is 2.05. The summed E-state index contributed by atoms with van der Waals surface area (Å²) in [5.74, 6) is 0.435. The summed E-state index contributed by atoms with van der Waals surface area (Å²) in [5.41, 5.74) is 3.42. The fraction of sp³-hybridized carbons (Fsp3) is 0.381. The van der Waals surface area contributed by atoms with E-state index in [1.54, 1.807) is 6.07 Å². The Labute approximate surface area is 149 Å². The van der Waals surface area contributed by atoms with Crippen LogP contribution in [-0.4, -0.2) is 5.16 Å². The Morgan fingerprint density at radius 1 is 1.08 bits per heavy atom. The molecule has 0 radical (unpaired) electrons. The second-order valence-corrected chi connectivity index (χ2v) is 6.53. The minimum absolute atomic E-state index is 0.228. The number of rotatable bonds is 8. The molecule has 2 aromatic carbocycles. The molecule has 0 spiro atoms. The topological polar surface area (TPSA) is 12.4 Å². The van der Waals surface area contributed by atoms with Gasteiger partial charge in [-0.1, -0.05) is 63.4 Å². The minimum atomic E-state index is -0.376. The predicted octanol–water partition coefficient (Wildman–Crippen LogP) is 6.99. The van der Waals surface area contributed by atoms with Crippen LogP contribution in [0.5, 0.6) is 0 Å². The fourth-order valence-electron chi connectivity index (χ4n) is 2.98. The summed E-state index contributed by atoms with van der Waals surface area (Å²) >= 11 is 4.52. The molecule has 1 nitrogen and oxygen atoms in total. The number of nitrogens with zero attached hydrogens (tertiary/aromatic N) is 1. The molecule has 0 heterocycles. The first-order valence-electron chi connectivity index (χ1n) is 8.60. The normalized spacial score (nSPS) is 11.8. The molecule has 1 unspecified atom stereocenters. The summed E-state index contributed by atoms with van der Waals surface area (Å²) in [6, 6.07) is 13.4. The molecule has 0 aromatic heterocycles. The van der Waals surface area contributed by atoms with E-state index in [4.69, 9.17) is 0 Å². The summed E-state index contributed by atoms with van der Waals surface area (Å²) in [5, 5.41) is 2.20. The van der Waals surface area contributed by atoms with Crippen LogP contribution in [0.15, 0.2) is 47.5 Å². The molecule has 1 atom stereocenters. The Morgan fingerprint density at radius 3 is 2.42 bits per heavy atom. The van der Waals surface area contributed by atoms with E-state index in [1.807, 2.05) is 6.07 Å². The van der Waals surface area contributed by atoms with Crippen LogP contribution < -0.4 is 0 Å². The van der Waals surface area contributed by atoms with E-state index in [9.17, 15) is 4.39 Å². The third kappa shape index (κ3) is 5.36. The molecule has 0 aliphatic heterocycles. The van der Waals surface area contributed by atoms with Gasteiger partial charge < -0.3 is 0 Å². The van der Waals surface area contributed by atoms with Crippen molar-refractivity contribution in [3.63, 3.8) is 0 Å². The monoisotopic (exact) mass is 341 g/mol. The van der Waals surface area contributed by atoms with Crippen LogP contribution in [0.25, 0.3) is 11.1 Å². The number of aliphatic imine (C=N–C) groups is 1. The summed E-state index contributed by atoms with van der Waals surface area (Å²) in [7, 11) is 0. The number of thiocarbonyl (C=S) groups is 1. The lowest BCUT2D eigenvalue weighted by atomic mass is 9.96. The van der Waals surface area contributed by atoms with Gasteiger partial charge in [0, 0.05) is 0 Å². The largest absolute Gasteiger partial charge is 0.205 e. The van der Waals surface area contributed by atoms with Gasteiger partial charge in [-0.25, -0.2) is 4.39 Å². The highest BCUT2D eigenvalue weighted by molar-refractivity contribution is 7.78. The Balaban J connectivity index is 1.99. The molecule has 0 N–H and O–H groups in total. The molecule has 0 aliphatic rings. The van der Waals surface area contributed by atoms with Crippen LogP contribution in [0.1, 0.15) is 45.1 Å². The van der Waals surface area contributed by atoms with Gasteiger partial charge in [0.1, 0.15) is 11.5 Å². The van der Waals surface area contributed by atoms with E-state index < -0.39 is 0 Å². The highest BCUT2D eigenvalue weighted by atomic mass is 32.1. The zero-order chi connectivity index (χ0) is 17.4. The average molecular weight is 341 g/mol. The predicted molar refractivity (Wildman–Crippen MR) is 104 cm³/mol. The van der Waals surface area contributed by atoms with Crippen LogP contribution in [0, 0.1) is 11.7 Å². The van der Waals surface area contributed by atoms with Crippen LogP contribution in [0.4, 0.5) is 10.1 Å². The van der Waals surface area contributed by atoms with E-state index in [0.29, 0.717) is 0 Å². The van der Waals surface area contributed by atoms with Crippen molar-refractivity contribution in [1.29, 1.82) is 0 Å².